The van der Waals surface area contributed by atoms with E-state index in [-0.39, 0.29) is 23.8 Å². The number of aromatic nitrogens is 4. The fourth-order valence-electron chi connectivity index (χ4n) is 3.26. The molecule has 0 aliphatic heterocycles. The Hall–Kier alpha value is -3.67. The maximum Gasteiger partial charge on any atom is 0.277 e. The van der Waals surface area contributed by atoms with Gasteiger partial charge in [0.1, 0.15) is 18.4 Å². The molecule has 1 amide bonds. The lowest BCUT2D eigenvalue weighted by atomic mass is 10.3. The molecule has 3 N–H and O–H groups in total. The van der Waals surface area contributed by atoms with Crippen molar-refractivity contribution in [2.24, 2.45) is 0 Å². The molecule has 0 saturated heterocycles. The molecular formula is C19H22N7O2+. The van der Waals surface area contributed by atoms with Crippen LogP contribution in [0, 0.1) is 11.3 Å². The van der Waals surface area contributed by atoms with Crippen LogP contribution in [0.4, 0.5) is 5.82 Å². The van der Waals surface area contributed by atoms with Gasteiger partial charge < -0.3 is 15.8 Å². The number of nitrogens with one attached hydrogen (secondary N) is 1. The van der Waals surface area contributed by atoms with E-state index in [0.29, 0.717) is 0 Å². The number of imidazole rings is 1. The maximum atomic E-state index is 12.6. The van der Waals surface area contributed by atoms with Crippen LogP contribution in [0.2, 0.25) is 0 Å². The van der Waals surface area contributed by atoms with Crippen LogP contribution in [0.3, 0.4) is 0 Å². The van der Waals surface area contributed by atoms with Crippen molar-refractivity contribution in [3.63, 3.8) is 0 Å². The Morgan fingerprint density at radius 3 is 2.86 bits per heavy atom. The third kappa shape index (κ3) is 3.32. The van der Waals surface area contributed by atoms with Gasteiger partial charge in [0.2, 0.25) is 0 Å². The Balaban J connectivity index is 1.96. The van der Waals surface area contributed by atoms with Crippen molar-refractivity contribution < 1.29 is 14.1 Å². The molecule has 9 nitrogen and oxygen atoms in total. The molecule has 28 heavy (non-hydrogen) atoms. The monoisotopic (exact) mass is 380 g/mol. The number of rotatable bonds is 6. The number of ether oxygens (including phenoxy) is 1. The number of anilines is 1. The van der Waals surface area contributed by atoms with Crippen LogP contribution in [0.1, 0.15) is 35.9 Å². The zero-order valence-corrected chi connectivity index (χ0v) is 16.1. The summed E-state index contributed by atoms with van der Waals surface area (Å²) in [4.78, 5) is 20.4. The minimum atomic E-state index is -0.477. The number of amides is 1. The van der Waals surface area contributed by atoms with Crippen LogP contribution in [-0.2, 0) is 19.6 Å². The summed E-state index contributed by atoms with van der Waals surface area (Å²) >= 11 is 0. The summed E-state index contributed by atoms with van der Waals surface area (Å²) in [5.41, 5.74) is 7.82. The number of carbonyl (C=O) groups excluding carboxylic acids is 1. The highest BCUT2D eigenvalue weighted by molar-refractivity contribution is 5.96. The van der Waals surface area contributed by atoms with E-state index >= 15 is 0 Å². The first kappa shape index (κ1) is 19.1. The molecule has 0 fully saturated rings. The topological polar surface area (TPSA) is 123 Å². The number of benzene rings is 1. The molecule has 0 radical (unpaired) electrons. The Kier molecular flexibility index (Phi) is 5.40. The first-order valence-corrected chi connectivity index (χ1v) is 8.93. The van der Waals surface area contributed by atoms with Crippen molar-refractivity contribution in [3.8, 4) is 11.8 Å². The molecule has 0 saturated carbocycles. The SMILES string of the molecule is CCn1c(CNC(=O)c2nc(C#N)cnc2N)[n+](CC)c2ccc(OC)cc21. The van der Waals surface area contributed by atoms with Gasteiger partial charge in [-0.25, -0.2) is 19.1 Å². The predicted octanol–water partition coefficient (Wildman–Crippen LogP) is 1.15. The standard InChI is InChI=1S/C19H21N7O2/c1-4-25-14-7-6-13(28-3)8-15(14)26(5-2)16(25)11-23-19(27)17-18(21)22-10-12(9-20)24-17/h6-8,10H,4-5,11H2,1-3H3,(H2-,21,22,23,27)/p+1. The van der Waals surface area contributed by atoms with Gasteiger partial charge in [0.25, 0.3) is 11.7 Å². The van der Waals surface area contributed by atoms with Crippen LogP contribution < -0.4 is 20.4 Å². The van der Waals surface area contributed by atoms with Gasteiger partial charge in [0.05, 0.1) is 26.4 Å². The minimum absolute atomic E-state index is 0.0133. The summed E-state index contributed by atoms with van der Waals surface area (Å²) in [6.45, 7) is 5.84. The Morgan fingerprint density at radius 1 is 1.43 bits per heavy atom. The number of hydrogen-bond donors (Lipinski definition) is 2. The highest BCUT2D eigenvalue weighted by Gasteiger charge is 2.25. The molecule has 0 aliphatic rings. The summed E-state index contributed by atoms with van der Waals surface area (Å²) < 4.78 is 9.61. The summed E-state index contributed by atoms with van der Waals surface area (Å²) in [5.74, 6) is 1.22. The van der Waals surface area contributed by atoms with Crippen LogP contribution in [0.25, 0.3) is 11.0 Å². The van der Waals surface area contributed by atoms with Crippen molar-refractivity contribution in [3.05, 3.63) is 41.6 Å². The van der Waals surface area contributed by atoms with E-state index in [1.807, 2.05) is 31.2 Å². The Morgan fingerprint density at radius 2 is 2.21 bits per heavy atom. The van der Waals surface area contributed by atoms with Gasteiger partial charge in [0.15, 0.2) is 28.2 Å². The largest absolute Gasteiger partial charge is 0.497 e. The Labute approximate surface area is 162 Å². The second-order valence-corrected chi connectivity index (χ2v) is 6.04. The number of carbonyl (C=O) groups is 1. The van der Waals surface area contributed by atoms with Gasteiger partial charge >= 0.3 is 0 Å². The van der Waals surface area contributed by atoms with Gasteiger partial charge in [-0.3, -0.25) is 4.79 Å². The fraction of sp³-hybridized carbons (Fsp3) is 0.316. The molecule has 144 valence electrons. The number of nitrogen functional groups attached to an aromatic ring is 1. The number of fused-ring (bicyclic) bond motifs is 1. The fourth-order valence-corrected chi connectivity index (χ4v) is 3.26. The van der Waals surface area contributed by atoms with E-state index in [1.165, 1.54) is 6.20 Å². The van der Waals surface area contributed by atoms with Crippen LogP contribution in [-0.4, -0.2) is 27.6 Å². The van der Waals surface area contributed by atoms with E-state index in [4.69, 9.17) is 15.7 Å². The summed E-state index contributed by atoms with van der Waals surface area (Å²) in [6.07, 6.45) is 1.24. The van der Waals surface area contributed by atoms with Crippen LogP contribution >= 0.6 is 0 Å². The van der Waals surface area contributed by atoms with Crippen LogP contribution in [0.5, 0.6) is 5.75 Å². The molecule has 0 atom stereocenters. The molecule has 3 aromatic rings. The lowest BCUT2D eigenvalue weighted by Crippen LogP contribution is -2.40. The van der Waals surface area contributed by atoms with Crippen LogP contribution in [0.15, 0.2) is 24.4 Å². The molecule has 1 aromatic carbocycles. The molecule has 0 bridgehead atoms. The maximum absolute atomic E-state index is 12.6. The van der Waals surface area contributed by atoms with Crippen molar-refractivity contribution in [2.45, 2.75) is 33.5 Å². The molecule has 2 heterocycles. The Bertz CT molecular complexity index is 1080. The molecule has 9 heteroatoms. The van der Waals surface area contributed by atoms with Crippen molar-refractivity contribution >= 4 is 22.8 Å². The first-order chi connectivity index (χ1) is 13.5. The summed E-state index contributed by atoms with van der Waals surface area (Å²) in [7, 11) is 1.64. The van der Waals surface area contributed by atoms with Gasteiger partial charge in [-0.2, -0.15) is 5.26 Å². The minimum Gasteiger partial charge on any atom is -0.497 e. The lowest BCUT2D eigenvalue weighted by Gasteiger charge is -2.06. The second-order valence-electron chi connectivity index (χ2n) is 6.04. The van der Waals surface area contributed by atoms with Gasteiger partial charge in [-0.05, 0) is 26.0 Å². The van der Waals surface area contributed by atoms with E-state index < -0.39 is 5.91 Å². The zero-order chi connectivity index (χ0) is 20.3. The van der Waals surface area contributed by atoms with Gasteiger partial charge in [-0.1, -0.05) is 0 Å². The predicted molar refractivity (Wildman–Crippen MR) is 102 cm³/mol. The van der Waals surface area contributed by atoms with Crippen molar-refractivity contribution in [1.29, 1.82) is 5.26 Å². The molecule has 0 unspecified atom stereocenters. The quantitative estimate of drug-likeness (QED) is 0.619. The average Bonchev–Trinajstić information content (AvgIpc) is 3.03. The molecular weight excluding hydrogens is 358 g/mol. The normalized spacial score (nSPS) is 10.6. The van der Waals surface area contributed by atoms with E-state index in [9.17, 15) is 4.79 Å². The van der Waals surface area contributed by atoms with E-state index in [0.717, 1.165) is 35.7 Å². The molecule has 0 spiro atoms. The molecule has 2 aromatic heterocycles. The average molecular weight is 380 g/mol. The smallest absolute Gasteiger partial charge is 0.277 e. The molecule has 0 aliphatic carbocycles. The number of aryl methyl sites for hydroxylation is 2. The summed E-state index contributed by atoms with van der Waals surface area (Å²) in [6, 6.07) is 7.77. The number of nitrogens with two attached hydrogens (primary N) is 1. The number of nitriles is 1. The zero-order valence-electron chi connectivity index (χ0n) is 16.1. The summed E-state index contributed by atoms with van der Waals surface area (Å²) in [5, 5.41) is 11.8. The highest BCUT2D eigenvalue weighted by atomic mass is 16.5. The van der Waals surface area contributed by atoms with Crippen molar-refractivity contribution in [1.82, 2.24) is 19.9 Å². The highest BCUT2D eigenvalue weighted by Crippen LogP contribution is 2.21. The van der Waals surface area contributed by atoms with E-state index in [2.05, 4.69) is 31.3 Å². The van der Waals surface area contributed by atoms with E-state index in [1.54, 1.807) is 7.11 Å². The molecule has 3 rings (SSSR count). The number of methoxy groups -OCH3 is 1. The van der Waals surface area contributed by atoms with Gasteiger partial charge in [-0.15, -0.1) is 0 Å². The number of hydrogen-bond acceptors (Lipinski definition) is 6. The third-order valence-electron chi connectivity index (χ3n) is 4.56. The van der Waals surface area contributed by atoms with Crippen molar-refractivity contribution in [2.75, 3.05) is 12.8 Å². The first-order valence-electron chi connectivity index (χ1n) is 8.93. The lowest BCUT2D eigenvalue weighted by molar-refractivity contribution is -0.676. The number of nitrogens with zero attached hydrogens (tertiary/aromatic N) is 5. The second kappa shape index (κ2) is 7.92. The van der Waals surface area contributed by atoms with Gasteiger partial charge in [0, 0.05) is 6.07 Å². The third-order valence-corrected chi connectivity index (χ3v) is 4.56.